The summed E-state index contributed by atoms with van der Waals surface area (Å²) in [6.07, 6.45) is 0.609. The molecular weight excluding hydrogens is 424 g/mol. The van der Waals surface area contributed by atoms with Crippen molar-refractivity contribution >= 4 is 21.6 Å². The zero-order valence-electron chi connectivity index (χ0n) is 19.0. The fourth-order valence-electron chi connectivity index (χ4n) is 4.02. The molecule has 7 heteroatoms. The van der Waals surface area contributed by atoms with E-state index in [1.54, 1.807) is 44.2 Å². The average molecular weight is 457 g/mol. The highest BCUT2D eigenvalue weighted by Gasteiger charge is 2.57. The van der Waals surface area contributed by atoms with Gasteiger partial charge in [-0.1, -0.05) is 62.4 Å². The maximum Gasteiger partial charge on any atom is 0.240 e. The molecule has 32 heavy (non-hydrogen) atoms. The topological polar surface area (TPSA) is 92.3 Å². The van der Waals surface area contributed by atoms with E-state index in [2.05, 4.69) is 10.0 Å². The summed E-state index contributed by atoms with van der Waals surface area (Å²) < 4.78 is 28.4. The van der Waals surface area contributed by atoms with Crippen molar-refractivity contribution in [3.05, 3.63) is 66.2 Å². The quantitative estimate of drug-likeness (QED) is 0.506. The molecule has 3 rings (SSSR count). The third-order valence-electron chi connectivity index (χ3n) is 5.82. The highest BCUT2D eigenvalue weighted by molar-refractivity contribution is 7.89. The van der Waals surface area contributed by atoms with Crippen LogP contribution in [0.1, 0.15) is 45.6 Å². The summed E-state index contributed by atoms with van der Waals surface area (Å²) in [6, 6.07) is 17.2. The lowest BCUT2D eigenvalue weighted by molar-refractivity contribution is -0.127. The first-order valence-electron chi connectivity index (χ1n) is 11.0. The third kappa shape index (κ3) is 5.71. The fraction of sp³-hybridized carbons (Fsp3) is 0.440. The lowest BCUT2D eigenvalue weighted by Gasteiger charge is -2.29. The first-order valence-corrected chi connectivity index (χ1v) is 12.5. The van der Waals surface area contributed by atoms with Gasteiger partial charge in [-0.2, -0.15) is 0 Å². The number of carbonyl (C=O) groups excluding carboxylic acids is 2. The van der Waals surface area contributed by atoms with Crippen LogP contribution in [-0.2, 0) is 19.6 Å². The molecule has 2 N–H and O–H groups in total. The predicted molar refractivity (Wildman–Crippen MR) is 125 cm³/mol. The lowest BCUT2D eigenvalue weighted by Crippen LogP contribution is -2.53. The average Bonchev–Trinajstić information content (AvgIpc) is 3.42. The van der Waals surface area contributed by atoms with Gasteiger partial charge in [-0.3, -0.25) is 9.59 Å². The van der Waals surface area contributed by atoms with Crippen LogP contribution in [0.3, 0.4) is 0 Å². The van der Waals surface area contributed by atoms with Crippen LogP contribution < -0.4 is 10.0 Å². The second-order valence-electron chi connectivity index (χ2n) is 9.40. The van der Waals surface area contributed by atoms with Gasteiger partial charge in [-0.05, 0) is 43.9 Å². The highest BCUT2D eigenvalue weighted by atomic mass is 32.2. The Kier molecular flexibility index (Phi) is 7.32. The summed E-state index contributed by atoms with van der Waals surface area (Å²) in [5.74, 6) is -0.992. The van der Waals surface area contributed by atoms with Crippen molar-refractivity contribution in [2.24, 2.45) is 11.8 Å². The molecule has 0 bridgehead atoms. The number of rotatable bonds is 11. The highest BCUT2D eigenvalue weighted by Crippen LogP contribution is 2.45. The number of sulfonamides is 1. The van der Waals surface area contributed by atoms with Crippen LogP contribution in [0.2, 0.25) is 0 Å². The second kappa shape index (κ2) is 9.65. The molecule has 2 aromatic carbocycles. The molecule has 172 valence electrons. The lowest BCUT2D eigenvalue weighted by atomic mass is 9.92. The standard InChI is InChI=1S/C25H32N2O4S/c1-17(2)15-19(27-32(30,31)20-13-9-6-10-14-20)16-26-25(3,4)24(29)22-21(23(22)28)18-11-7-5-8-12-18/h5-14,17,19,21-22,26-27H,15-16H2,1-4H3. The number of ketones is 2. The van der Waals surface area contributed by atoms with Crippen molar-refractivity contribution in [2.45, 2.75) is 56.5 Å². The molecule has 3 unspecified atom stereocenters. The number of hydrogen-bond donors (Lipinski definition) is 2. The van der Waals surface area contributed by atoms with Crippen molar-refractivity contribution in [1.82, 2.24) is 10.0 Å². The predicted octanol–water partition coefficient (Wildman–Crippen LogP) is 3.30. The van der Waals surface area contributed by atoms with Crippen LogP contribution in [0.5, 0.6) is 0 Å². The summed E-state index contributed by atoms with van der Waals surface area (Å²) in [5.41, 5.74) is -0.1000. The SMILES string of the molecule is CC(C)CC(CNC(C)(C)C(=O)C1C(=O)C1c1ccccc1)NS(=O)(=O)c1ccccc1. The maximum absolute atomic E-state index is 13.1. The van der Waals surface area contributed by atoms with Gasteiger partial charge in [0.25, 0.3) is 0 Å². The minimum Gasteiger partial charge on any atom is -0.304 e. The number of benzene rings is 2. The number of Topliss-reactive ketones (excluding diaryl/α,β-unsaturated/α-hetero) is 2. The Labute approximate surface area is 190 Å². The molecule has 0 amide bonds. The van der Waals surface area contributed by atoms with Gasteiger partial charge in [-0.15, -0.1) is 0 Å². The molecule has 2 aromatic rings. The Bertz CT molecular complexity index is 1050. The Morgan fingerprint density at radius 3 is 2.12 bits per heavy atom. The van der Waals surface area contributed by atoms with E-state index >= 15 is 0 Å². The van der Waals surface area contributed by atoms with Crippen LogP contribution in [0.25, 0.3) is 0 Å². The molecular formula is C25H32N2O4S. The molecule has 0 heterocycles. The van der Waals surface area contributed by atoms with Gasteiger partial charge >= 0.3 is 0 Å². The van der Waals surface area contributed by atoms with Crippen molar-refractivity contribution in [2.75, 3.05) is 6.54 Å². The van der Waals surface area contributed by atoms with E-state index in [4.69, 9.17) is 0 Å². The number of carbonyl (C=O) groups is 2. The van der Waals surface area contributed by atoms with Crippen LogP contribution >= 0.6 is 0 Å². The van der Waals surface area contributed by atoms with Gasteiger partial charge in [0.15, 0.2) is 11.6 Å². The van der Waals surface area contributed by atoms with E-state index in [-0.39, 0.29) is 34.8 Å². The van der Waals surface area contributed by atoms with Crippen molar-refractivity contribution in [3.8, 4) is 0 Å². The fourth-order valence-corrected chi connectivity index (χ4v) is 5.29. The summed E-state index contributed by atoms with van der Waals surface area (Å²) in [4.78, 5) is 25.7. The monoisotopic (exact) mass is 456 g/mol. The molecule has 0 spiro atoms. The summed E-state index contributed by atoms with van der Waals surface area (Å²) in [6.45, 7) is 7.82. The second-order valence-corrected chi connectivity index (χ2v) is 11.1. The Morgan fingerprint density at radius 1 is 1.00 bits per heavy atom. The van der Waals surface area contributed by atoms with Crippen molar-refractivity contribution in [3.63, 3.8) is 0 Å². The molecule has 0 saturated heterocycles. The van der Waals surface area contributed by atoms with E-state index in [9.17, 15) is 18.0 Å². The molecule has 0 aromatic heterocycles. The van der Waals surface area contributed by atoms with E-state index in [1.807, 2.05) is 44.2 Å². The first-order chi connectivity index (χ1) is 15.0. The Hall–Kier alpha value is -2.35. The maximum atomic E-state index is 13.1. The molecule has 1 saturated carbocycles. The summed E-state index contributed by atoms with van der Waals surface area (Å²) in [5, 5.41) is 3.22. The zero-order valence-corrected chi connectivity index (χ0v) is 19.9. The molecule has 0 aliphatic heterocycles. The van der Waals surface area contributed by atoms with Gasteiger partial charge in [0.1, 0.15) is 0 Å². The smallest absolute Gasteiger partial charge is 0.240 e. The molecule has 3 atom stereocenters. The number of hydrogen-bond acceptors (Lipinski definition) is 5. The number of nitrogens with one attached hydrogen (secondary N) is 2. The van der Waals surface area contributed by atoms with E-state index in [0.717, 1.165) is 5.56 Å². The van der Waals surface area contributed by atoms with Gasteiger partial charge in [-0.25, -0.2) is 13.1 Å². The van der Waals surface area contributed by atoms with Gasteiger partial charge < -0.3 is 5.32 Å². The molecule has 6 nitrogen and oxygen atoms in total. The molecule has 1 aliphatic carbocycles. The van der Waals surface area contributed by atoms with Gasteiger partial charge in [0.2, 0.25) is 10.0 Å². The summed E-state index contributed by atoms with van der Waals surface area (Å²) >= 11 is 0. The summed E-state index contributed by atoms with van der Waals surface area (Å²) in [7, 11) is -3.68. The van der Waals surface area contributed by atoms with Gasteiger partial charge in [0, 0.05) is 12.6 Å². The van der Waals surface area contributed by atoms with Crippen LogP contribution in [0, 0.1) is 11.8 Å². The van der Waals surface area contributed by atoms with E-state index < -0.39 is 27.5 Å². The first kappa shape index (κ1) is 24.3. The minimum absolute atomic E-state index is 0.0559. The third-order valence-corrected chi connectivity index (χ3v) is 7.35. The largest absolute Gasteiger partial charge is 0.304 e. The Balaban J connectivity index is 1.67. The van der Waals surface area contributed by atoms with Gasteiger partial charge in [0.05, 0.1) is 22.3 Å². The zero-order chi connectivity index (χ0) is 23.5. The van der Waals surface area contributed by atoms with E-state index in [1.165, 1.54) is 0 Å². The minimum atomic E-state index is -3.68. The molecule has 1 aliphatic rings. The normalized spacial score (nSPS) is 19.7. The molecule has 0 radical (unpaired) electrons. The van der Waals surface area contributed by atoms with Crippen molar-refractivity contribution in [1.29, 1.82) is 0 Å². The Morgan fingerprint density at radius 2 is 1.56 bits per heavy atom. The van der Waals surface area contributed by atoms with Crippen LogP contribution in [-0.4, -0.2) is 38.1 Å². The molecule has 1 fully saturated rings. The van der Waals surface area contributed by atoms with E-state index in [0.29, 0.717) is 6.42 Å². The van der Waals surface area contributed by atoms with Crippen LogP contribution in [0.15, 0.2) is 65.6 Å². The van der Waals surface area contributed by atoms with Crippen molar-refractivity contribution < 1.29 is 18.0 Å². The van der Waals surface area contributed by atoms with Crippen LogP contribution in [0.4, 0.5) is 0 Å².